The van der Waals surface area contributed by atoms with E-state index in [2.05, 4.69) is 23.6 Å². The fourth-order valence-corrected chi connectivity index (χ4v) is 3.79. The third-order valence-corrected chi connectivity index (χ3v) is 5.37. The Labute approximate surface area is 176 Å². The number of hydrogen-bond acceptors (Lipinski definition) is 2. The summed E-state index contributed by atoms with van der Waals surface area (Å²) in [5.41, 5.74) is 5.60. The Kier molecular flexibility index (Phi) is 5.53. The predicted molar refractivity (Wildman–Crippen MR) is 120 cm³/mol. The van der Waals surface area contributed by atoms with E-state index >= 15 is 0 Å². The van der Waals surface area contributed by atoms with E-state index < -0.39 is 0 Å². The maximum atomic E-state index is 13.1. The number of nitrogens with one attached hydrogen (secondary N) is 2. The second kappa shape index (κ2) is 8.41. The Bertz CT molecular complexity index is 1060. The van der Waals surface area contributed by atoms with Gasteiger partial charge in [0, 0.05) is 29.5 Å². The summed E-state index contributed by atoms with van der Waals surface area (Å²) in [5.74, 6) is 0.00377. The minimum absolute atomic E-state index is 0.00377. The van der Waals surface area contributed by atoms with Gasteiger partial charge in [0.25, 0.3) is 5.91 Å². The molecule has 0 aliphatic carbocycles. The largest absolute Gasteiger partial charge is 0.334 e. The van der Waals surface area contributed by atoms with Gasteiger partial charge < -0.3 is 15.5 Å². The van der Waals surface area contributed by atoms with Crippen LogP contribution < -0.4 is 15.5 Å². The number of aryl methyl sites for hydroxylation is 1. The first kappa shape index (κ1) is 19.7. The number of amides is 3. The minimum atomic E-state index is -0.259. The van der Waals surface area contributed by atoms with Gasteiger partial charge in [-0.2, -0.15) is 0 Å². The molecule has 0 spiro atoms. The van der Waals surface area contributed by atoms with Crippen LogP contribution in [0.5, 0.6) is 0 Å². The zero-order valence-electron chi connectivity index (χ0n) is 17.2. The molecule has 0 unspecified atom stereocenters. The molecular weight excluding hydrogens is 374 g/mol. The van der Waals surface area contributed by atoms with Crippen molar-refractivity contribution in [1.29, 1.82) is 0 Å². The maximum absolute atomic E-state index is 13.1. The van der Waals surface area contributed by atoms with Gasteiger partial charge in [0.05, 0.1) is 0 Å². The van der Waals surface area contributed by atoms with Crippen molar-refractivity contribution in [2.24, 2.45) is 0 Å². The van der Waals surface area contributed by atoms with Gasteiger partial charge in [-0.15, -0.1) is 0 Å². The lowest BCUT2D eigenvalue weighted by Crippen LogP contribution is -2.35. The molecule has 0 fully saturated rings. The molecule has 0 bridgehead atoms. The SMILES string of the molecule is Cc1ccc(NC(=O)NCc2ccc3c(c2)N(C(=O)c2ccccc2)[C@H](C)C3)cc1. The Morgan fingerprint density at radius 1 is 1.00 bits per heavy atom. The van der Waals surface area contributed by atoms with Gasteiger partial charge in [-0.1, -0.05) is 48.0 Å². The summed E-state index contributed by atoms with van der Waals surface area (Å²) in [7, 11) is 0. The number of carbonyl (C=O) groups excluding carboxylic acids is 2. The van der Waals surface area contributed by atoms with Crippen LogP contribution in [0.3, 0.4) is 0 Å². The third kappa shape index (κ3) is 4.20. The molecule has 5 heteroatoms. The summed E-state index contributed by atoms with van der Waals surface area (Å²) in [6.07, 6.45) is 0.829. The maximum Gasteiger partial charge on any atom is 0.319 e. The molecule has 2 N–H and O–H groups in total. The average molecular weight is 399 g/mol. The summed E-state index contributed by atoms with van der Waals surface area (Å²) in [6.45, 7) is 4.45. The number of fused-ring (bicyclic) bond motifs is 1. The van der Waals surface area contributed by atoms with Crippen LogP contribution in [0.25, 0.3) is 0 Å². The molecule has 0 saturated carbocycles. The molecule has 1 heterocycles. The molecular formula is C25H25N3O2. The highest BCUT2D eigenvalue weighted by atomic mass is 16.2. The van der Waals surface area contributed by atoms with Crippen molar-refractivity contribution in [3.63, 3.8) is 0 Å². The number of urea groups is 1. The van der Waals surface area contributed by atoms with Crippen LogP contribution in [0.1, 0.15) is 34.0 Å². The van der Waals surface area contributed by atoms with Crippen molar-refractivity contribution in [1.82, 2.24) is 5.32 Å². The molecule has 0 aromatic heterocycles. The van der Waals surface area contributed by atoms with E-state index in [1.54, 1.807) is 0 Å². The number of benzene rings is 3. The number of carbonyl (C=O) groups is 2. The second-order valence-electron chi connectivity index (χ2n) is 7.73. The van der Waals surface area contributed by atoms with Crippen molar-refractivity contribution in [3.05, 3.63) is 95.1 Å². The summed E-state index contributed by atoms with van der Waals surface area (Å²) in [6, 6.07) is 22.9. The molecule has 1 atom stereocenters. The minimum Gasteiger partial charge on any atom is -0.334 e. The third-order valence-electron chi connectivity index (χ3n) is 5.37. The van der Waals surface area contributed by atoms with Crippen molar-refractivity contribution in [2.75, 3.05) is 10.2 Å². The van der Waals surface area contributed by atoms with Gasteiger partial charge in [0.15, 0.2) is 0 Å². The molecule has 4 rings (SSSR count). The van der Waals surface area contributed by atoms with E-state index in [1.807, 2.05) is 78.6 Å². The normalized spacial score (nSPS) is 14.9. The topological polar surface area (TPSA) is 61.4 Å². The molecule has 1 aliphatic rings. The lowest BCUT2D eigenvalue weighted by Gasteiger charge is -2.23. The van der Waals surface area contributed by atoms with Crippen molar-refractivity contribution in [3.8, 4) is 0 Å². The smallest absolute Gasteiger partial charge is 0.319 e. The first-order valence-electron chi connectivity index (χ1n) is 10.1. The van der Waals surface area contributed by atoms with Crippen LogP contribution in [0.2, 0.25) is 0 Å². The van der Waals surface area contributed by atoms with Gasteiger partial charge in [-0.25, -0.2) is 4.79 Å². The van der Waals surface area contributed by atoms with Gasteiger partial charge in [0.2, 0.25) is 0 Å². The molecule has 3 amide bonds. The van der Waals surface area contributed by atoms with Crippen LogP contribution in [0.4, 0.5) is 16.2 Å². The highest BCUT2D eigenvalue weighted by Crippen LogP contribution is 2.34. The van der Waals surface area contributed by atoms with Crippen molar-refractivity contribution in [2.45, 2.75) is 32.9 Å². The van der Waals surface area contributed by atoms with Crippen molar-refractivity contribution >= 4 is 23.3 Å². The number of nitrogens with zero attached hydrogens (tertiary/aromatic N) is 1. The van der Waals surface area contributed by atoms with E-state index in [-0.39, 0.29) is 18.0 Å². The lowest BCUT2D eigenvalue weighted by atomic mass is 10.1. The quantitative estimate of drug-likeness (QED) is 0.655. The molecule has 30 heavy (non-hydrogen) atoms. The lowest BCUT2D eigenvalue weighted by molar-refractivity contribution is 0.0981. The Hall–Kier alpha value is -3.60. The predicted octanol–water partition coefficient (Wildman–Crippen LogP) is 4.91. The molecule has 3 aromatic rings. The Morgan fingerprint density at radius 2 is 1.73 bits per heavy atom. The summed E-state index contributed by atoms with van der Waals surface area (Å²) < 4.78 is 0. The first-order valence-corrected chi connectivity index (χ1v) is 10.1. The molecule has 3 aromatic carbocycles. The van der Waals surface area contributed by atoms with Gasteiger partial charge in [-0.3, -0.25) is 4.79 Å². The second-order valence-corrected chi connectivity index (χ2v) is 7.73. The monoisotopic (exact) mass is 399 g/mol. The van der Waals surface area contributed by atoms with E-state index in [4.69, 9.17) is 0 Å². The van der Waals surface area contributed by atoms with Gasteiger partial charge in [-0.05, 0) is 61.7 Å². The number of rotatable bonds is 4. The van der Waals surface area contributed by atoms with Crippen molar-refractivity contribution < 1.29 is 9.59 Å². The molecule has 1 aliphatic heterocycles. The van der Waals surface area contributed by atoms with E-state index in [9.17, 15) is 9.59 Å². The van der Waals surface area contributed by atoms with Crippen LogP contribution in [0, 0.1) is 6.92 Å². The first-order chi connectivity index (χ1) is 14.5. The Balaban J connectivity index is 1.45. The van der Waals surface area contributed by atoms with Gasteiger partial charge >= 0.3 is 6.03 Å². The fourth-order valence-electron chi connectivity index (χ4n) is 3.79. The van der Waals surface area contributed by atoms with Crippen LogP contribution in [-0.2, 0) is 13.0 Å². The van der Waals surface area contributed by atoms with Crippen LogP contribution >= 0.6 is 0 Å². The molecule has 152 valence electrons. The zero-order valence-corrected chi connectivity index (χ0v) is 17.2. The van der Waals surface area contributed by atoms with Crippen LogP contribution in [0.15, 0.2) is 72.8 Å². The van der Waals surface area contributed by atoms with E-state index in [0.717, 1.165) is 34.5 Å². The standard InChI is InChI=1S/C25H25N3O2/c1-17-8-12-22(13-9-17)27-25(30)26-16-19-10-11-21-14-18(2)28(23(21)15-19)24(29)20-6-4-3-5-7-20/h3-13,15,18H,14,16H2,1-2H3,(H2,26,27,30)/t18-/m1/s1. The molecule has 0 radical (unpaired) electrons. The number of hydrogen-bond donors (Lipinski definition) is 2. The van der Waals surface area contributed by atoms with E-state index in [1.165, 1.54) is 0 Å². The molecule has 5 nitrogen and oxygen atoms in total. The Morgan fingerprint density at radius 3 is 2.47 bits per heavy atom. The number of anilines is 2. The van der Waals surface area contributed by atoms with Gasteiger partial charge in [0.1, 0.15) is 0 Å². The molecule has 0 saturated heterocycles. The highest BCUT2D eigenvalue weighted by molar-refractivity contribution is 6.07. The van der Waals surface area contributed by atoms with Crippen LogP contribution in [-0.4, -0.2) is 18.0 Å². The summed E-state index contributed by atoms with van der Waals surface area (Å²) in [5, 5.41) is 5.72. The fraction of sp³-hybridized carbons (Fsp3) is 0.200. The zero-order chi connectivity index (χ0) is 21.1. The highest BCUT2D eigenvalue weighted by Gasteiger charge is 2.31. The van der Waals surface area contributed by atoms with E-state index in [0.29, 0.717) is 12.1 Å². The average Bonchev–Trinajstić information content (AvgIpc) is 3.09. The summed E-state index contributed by atoms with van der Waals surface area (Å²) >= 11 is 0. The summed E-state index contributed by atoms with van der Waals surface area (Å²) in [4.78, 5) is 27.2.